The molecule has 1 unspecified atom stereocenters. The number of hydrogen-bond donors (Lipinski definition) is 1. The van der Waals surface area contributed by atoms with E-state index in [4.69, 9.17) is 0 Å². The summed E-state index contributed by atoms with van der Waals surface area (Å²) in [5.41, 5.74) is 3.20. The largest absolute Gasteiger partial charge is 0.387 e. The van der Waals surface area contributed by atoms with Gasteiger partial charge in [-0.05, 0) is 37.8 Å². The Morgan fingerprint density at radius 3 is 2.23 bits per heavy atom. The number of benzene rings is 1. The van der Waals surface area contributed by atoms with E-state index in [2.05, 4.69) is 11.0 Å². The zero-order valence-electron chi connectivity index (χ0n) is 15.9. The van der Waals surface area contributed by atoms with Crippen molar-refractivity contribution in [3.05, 3.63) is 34.9 Å². The molecule has 0 bridgehead atoms. The molecule has 2 saturated heterocycles. The Hall–Kier alpha value is -0.990. The summed E-state index contributed by atoms with van der Waals surface area (Å²) < 4.78 is 28.8. The average Bonchev–Trinajstić information content (AvgIpc) is 2.65. The third kappa shape index (κ3) is 4.46. The normalized spacial score (nSPS) is 22.4. The van der Waals surface area contributed by atoms with Gasteiger partial charge in [0.25, 0.3) is 10.2 Å². The first-order valence-electron chi connectivity index (χ1n) is 9.61. The van der Waals surface area contributed by atoms with Gasteiger partial charge in [0.2, 0.25) is 0 Å². The molecular weight excluding hydrogens is 350 g/mol. The molecule has 146 valence electrons. The quantitative estimate of drug-likeness (QED) is 0.843. The van der Waals surface area contributed by atoms with Crippen LogP contribution in [-0.2, 0) is 10.2 Å². The summed E-state index contributed by atoms with van der Waals surface area (Å²) in [6.45, 7) is 8.20. The Labute approximate surface area is 157 Å². The van der Waals surface area contributed by atoms with Crippen molar-refractivity contribution < 1.29 is 13.5 Å². The van der Waals surface area contributed by atoms with Crippen LogP contribution >= 0.6 is 0 Å². The molecule has 1 N–H and O–H groups in total. The van der Waals surface area contributed by atoms with Crippen LogP contribution in [0.5, 0.6) is 0 Å². The first kappa shape index (κ1) is 19.8. The van der Waals surface area contributed by atoms with Gasteiger partial charge in [-0.25, -0.2) is 0 Å². The molecule has 2 aliphatic rings. The van der Waals surface area contributed by atoms with Crippen molar-refractivity contribution in [3.8, 4) is 0 Å². The maximum absolute atomic E-state index is 12.8. The number of aryl methyl sites for hydroxylation is 2. The lowest BCUT2D eigenvalue weighted by Crippen LogP contribution is -2.54. The standard InChI is InChI=1S/C19H31N3O3S/c1-16-6-7-17(2)18(14-16)19(23)15-20-10-12-22(13-11-20)26(24,25)21-8-4-3-5-9-21/h6-7,14,19,23H,3-5,8-13,15H2,1-2H3. The highest BCUT2D eigenvalue weighted by Crippen LogP contribution is 2.22. The lowest BCUT2D eigenvalue weighted by atomic mass is 10.0. The van der Waals surface area contributed by atoms with E-state index in [0.717, 1.165) is 36.0 Å². The molecule has 7 heteroatoms. The van der Waals surface area contributed by atoms with E-state index in [0.29, 0.717) is 45.8 Å². The molecule has 0 spiro atoms. The summed E-state index contributed by atoms with van der Waals surface area (Å²) in [5, 5.41) is 10.6. The molecule has 1 atom stereocenters. The molecule has 1 aromatic carbocycles. The number of piperazine rings is 1. The Kier molecular flexibility index (Phi) is 6.35. The van der Waals surface area contributed by atoms with Gasteiger partial charge in [0.1, 0.15) is 0 Å². The van der Waals surface area contributed by atoms with Crippen molar-refractivity contribution in [1.82, 2.24) is 13.5 Å². The molecule has 0 radical (unpaired) electrons. The predicted octanol–water partition coefficient (Wildman–Crippen LogP) is 1.69. The Morgan fingerprint density at radius 2 is 1.58 bits per heavy atom. The second-order valence-corrected chi connectivity index (χ2v) is 9.47. The molecular formula is C19H31N3O3S. The van der Waals surface area contributed by atoms with Crippen molar-refractivity contribution in [2.75, 3.05) is 45.8 Å². The van der Waals surface area contributed by atoms with E-state index in [1.165, 1.54) is 0 Å². The Bertz CT molecular complexity index is 709. The van der Waals surface area contributed by atoms with Crippen molar-refractivity contribution in [2.24, 2.45) is 0 Å². The van der Waals surface area contributed by atoms with E-state index in [1.807, 2.05) is 26.0 Å². The van der Waals surface area contributed by atoms with Crippen LogP contribution in [0.15, 0.2) is 18.2 Å². The summed E-state index contributed by atoms with van der Waals surface area (Å²) in [4.78, 5) is 2.16. The molecule has 2 heterocycles. The minimum atomic E-state index is -3.32. The first-order valence-corrected chi connectivity index (χ1v) is 11.0. The average molecular weight is 382 g/mol. The second kappa shape index (κ2) is 8.35. The number of aliphatic hydroxyl groups excluding tert-OH is 1. The van der Waals surface area contributed by atoms with Crippen molar-refractivity contribution in [3.63, 3.8) is 0 Å². The van der Waals surface area contributed by atoms with Crippen LogP contribution in [0, 0.1) is 13.8 Å². The number of β-amino-alcohol motifs (C(OH)–C–C–N with tert-alkyl or cyclic N) is 1. The fourth-order valence-corrected chi connectivity index (χ4v) is 5.53. The van der Waals surface area contributed by atoms with Gasteiger partial charge in [-0.15, -0.1) is 0 Å². The van der Waals surface area contributed by atoms with Gasteiger partial charge < -0.3 is 5.11 Å². The van der Waals surface area contributed by atoms with E-state index in [9.17, 15) is 13.5 Å². The summed E-state index contributed by atoms with van der Waals surface area (Å²) in [6.07, 6.45) is 2.50. The highest BCUT2D eigenvalue weighted by molar-refractivity contribution is 7.86. The van der Waals surface area contributed by atoms with E-state index in [-0.39, 0.29) is 0 Å². The van der Waals surface area contributed by atoms with Gasteiger partial charge in [-0.2, -0.15) is 17.0 Å². The van der Waals surface area contributed by atoms with E-state index < -0.39 is 16.3 Å². The fraction of sp³-hybridized carbons (Fsp3) is 0.684. The highest BCUT2D eigenvalue weighted by Gasteiger charge is 2.33. The predicted molar refractivity (Wildman–Crippen MR) is 103 cm³/mol. The van der Waals surface area contributed by atoms with Gasteiger partial charge in [0.15, 0.2) is 0 Å². The number of rotatable bonds is 5. The number of piperidine rings is 1. The lowest BCUT2D eigenvalue weighted by molar-refractivity contribution is 0.0901. The van der Waals surface area contributed by atoms with Crippen LogP contribution in [0.2, 0.25) is 0 Å². The van der Waals surface area contributed by atoms with Crippen LogP contribution in [0.4, 0.5) is 0 Å². The summed E-state index contributed by atoms with van der Waals surface area (Å²) in [6, 6.07) is 6.13. The summed E-state index contributed by atoms with van der Waals surface area (Å²) in [7, 11) is -3.32. The highest BCUT2D eigenvalue weighted by atomic mass is 32.2. The monoisotopic (exact) mass is 381 g/mol. The maximum atomic E-state index is 12.8. The third-order valence-electron chi connectivity index (χ3n) is 5.52. The zero-order valence-corrected chi connectivity index (χ0v) is 16.7. The molecule has 0 saturated carbocycles. The van der Waals surface area contributed by atoms with Gasteiger partial charge in [0.05, 0.1) is 6.10 Å². The van der Waals surface area contributed by atoms with Crippen LogP contribution in [-0.4, -0.2) is 72.8 Å². The fourth-order valence-electron chi connectivity index (χ4n) is 3.86. The molecule has 1 aromatic rings. The molecule has 26 heavy (non-hydrogen) atoms. The lowest BCUT2D eigenvalue weighted by Gasteiger charge is -2.38. The summed E-state index contributed by atoms with van der Waals surface area (Å²) in [5.74, 6) is 0. The maximum Gasteiger partial charge on any atom is 0.282 e. The zero-order chi connectivity index (χ0) is 18.7. The van der Waals surface area contributed by atoms with Crippen LogP contribution in [0.1, 0.15) is 42.1 Å². The number of aliphatic hydroxyl groups is 1. The molecule has 0 amide bonds. The van der Waals surface area contributed by atoms with Gasteiger partial charge in [-0.3, -0.25) is 4.90 Å². The van der Waals surface area contributed by atoms with Gasteiger partial charge in [0, 0.05) is 45.8 Å². The minimum absolute atomic E-state index is 0.498. The number of hydrogen-bond acceptors (Lipinski definition) is 4. The Morgan fingerprint density at radius 1 is 0.962 bits per heavy atom. The molecule has 0 aliphatic carbocycles. The van der Waals surface area contributed by atoms with Crippen molar-refractivity contribution >= 4 is 10.2 Å². The van der Waals surface area contributed by atoms with E-state index in [1.54, 1.807) is 8.61 Å². The van der Waals surface area contributed by atoms with Gasteiger partial charge in [-0.1, -0.05) is 30.2 Å². The third-order valence-corrected chi connectivity index (χ3v) is 7.56. The topological polar surface area (TPSA) is 64.1 Å². The molecule has 6 nitrogen and oxygen atoms in total. The first-order chi connectivity index (χ1) is 12.4. The van der Waals surface area contributed by atoms with Crippen LogP contribution < -0.4 is 0 Å². The van der Waals surface area contributed by atoms with E-state index >= 15 is 0 Å². The van der Waals surface area contributed by atoms with Gasteiger partial charge >= 0.3 is 0 Å². The number of nitrogens with zero attached hydrogens (tertiary/aromatic N) is 3. The minimum Gasteiger partial charge on any atom is -0.387 e. The smallest absolute Gasteiger partial charge is 0.282 e. The second-order valence-electron chi connectivity index (χ2n) is 7.54. The molecule has 2 fully saturated rings. The Balaban J connectivity index is 1.56. The summed E-state index contributed by atoms with van der Waals surface area (Å²) >= 11 is 0. The van der Waals surface area contributed by atoms with Crippen LogP contribution in [0.3, 0.4) is 0 Å². The molecule has 0 aromatic heterocycles. The molecule has 2 aliphatic heterocycles. The molecule has 3 rings (SSSR count). The van der Waals surface area contributed by atoms with Crippen LogP contribution in [0.25, 0.3) is 0 Å². The van der Waals surface area contributed by atoms with Crippen molar-refractivity contribution in [1.29, 1.82) is 0 Å². The van der Waals surface area contributed by atoms with Crippen molar-refractivity contribution in [2.45, 2.75) is 39.2 Å². The SMILES string of the molecule is Cc1ccc(C)c(C(O)CN2CCN(S(=O)(=O)N3CCCCC3)CC2)c1.